The molecule has 0 radical (unpaired) electrons. The van der Waals surface area contributed by atoms with Crippen LogP contribution in [0.3, 0.4) is 0 Å². The van der Waals surface area contributed by atoms with Crippen molar-refractivity contribution >= 4 is 22.6 Å². The molecule has 4 nitrogen and oxygen atoms in total. The zero-order valence-electron chi connectivity index (χ0n) is 13.6. The number of ether oxygens (including phenoxy) is 1. The first-order chi connectivity index (χ1) is 10.5. The molecule has 2 aromatic rings. The van der Waals surface area contributed by atoms with Gasteiger partial charge in [-0.2, -0.15) is 0 Å². The third-order valence-corrected chi connectivity index (χ3v) is 4.56. The van der Waals surface area contributed by atoms with E-state index >= 15 is 0 Å². The fourth-order valence-corrected chi connectivity index (χ4v) is 3.66. The molecule has 1 aromatic carbocycles. The first-order valence-electron chi connectivity index (χ1n) is 8.10. The SMILES string of the molecule is CCOC(=O)C1CCc2c(c3cc(N)ccc3n2C(C)C)C1. The maximum Gasteiger partial charge on any atom is 0.309 e. The Bertz CT molecular complexity index is 715. The van der Waals surface area contributed by atoms with E-state index in [-0.39, 0.29) is 11.9 Å². The number of nitrogens with zero attached hydrogens (tertiary/aromatic N) is 1. The van der Waals surface area contributed by atoms with Crippen LogP contribution in [0.4, 0.5) is 5.69 Å². The van der Waals surface area contributed by atoms with E-state index < -0.39 is 0 Å². The normalized spacial score (nSPS) is 17.7. The standard InChI is InChI=1S/C18H24N2O2/c1-4-22-18(21)12-5-7-16-14(9-12)15-10-13(19)6-8-17(15)20(16)11(2)3/h6,8,10-12H,4-5,7,9,19H2,1-3H3. The quantitative estimate of drug-likeness (QED) is 0.697. The third kappa shape index (κ3) is 2.36. The Labute approximate surface area is 131 Å². The molecule has 0 amide bonds. The number of nitrogens with two attached hydrogens (primary N) is 1. The van der Waals surface area contributed by atoms with Crippen molar-refractivity contribution in [3.63, 3.8) is 0 Å². The van der Waals surface area contributed by atoms with Crippen molar-refractivity contribution < 1.29 is 9.53 Å². The molecule has 1 aliphatic rings. The van der Waals surface area contributed by atoms with E-state index in [9.17, 15) is 4.79 Å². The van der Waals surface area contributed by atoms with E-state index in [0.29, 0.717) is 12.6 Å². The van der Waals surface area contributed by atoms with E-state index in [4.69, 9.17) is 10.5 Å². The molecular weight excluding hydrogens is 276 g/mol. The number of benzene rings is 1. The highest BCUT2D eigenvalue weighted by molar-refractivity contribution is 5.89. The molecule has 4 heteroatoms. The van der Waals surface area contributed by atoms with Crippen LogP contribution in [0.1, 0.15) is 44.5 Å². The summed E-state index contributed by atoms with van der Waals surface area (Å²) in [6.07, 6.45) is 2.55. The summed E-state index contributed by atoms with van der Waals surface area (Å²) in [5.41, 5.74) is 10.6. The number of anilines is 1. The molecule has 1 aliphatic carbocycles. The topological polar surface area (TPSA) is 57.2 Å². The van der Waals surface area contributed by atoms with Gasteiger partial charge in [-0.3, -0.25) is 4.79 Å². The van der Waals surface area contributed by atoms with Gasteiger partial charge in [0.1, 0.15) is 0 Å². The van der Waals surface area contributed by atoms with Gasteiger partial charge in [0.25, 0.3) is 0 Å². The first kappa shape index (κ1) is 14.9. The van der Waals surface area contributed by atoms with E-state index in [1.54, 1.807) is 0 Å². The third-order valence-electron chi connectivity index (χ3n) is 4.56. The zero-order valence-corrected chi connectivity index (χ0v) is 13.6. The number of carbonyl (C=O) groups is 1. The number of esters is 1. The molecule has 1 heterocycles. The van der Waals surface area contributed by atoms with Crippen LogP contribution in [0.25, 0.3) is 10.9 Å². The molecule has 118 valence electrons. The number of hydrogen-bond acceptors (Lipinski definition) is 3. The number of carbonyl (C=O) groups excluding carboxylic acids is 1. The summed E-state index contributed by atoms with van der Waals surface area (Å²) in [6, 6.07) is 6.49. The lowest BCUT2D eigenvalue weighted by Crippen LogP contribution is -2.25. The number of hydrogen-bond donors (Lipinski definition) is 1. The van der Waals surface area contributed by atoms with E-state index in [0.717, 1.165) is 24.9 Å². The van der Waals surface area contributed by atoms with Crippen molar-refractivity contribution in [3.8, 4) is 0 Å². The Hall–Kier alpha value is -1.97. The van der Waals surface area contributed by atoms with Gasteiger partial charge >= 0.3 is 5.97 Å². The lowest BCUT2D eigenvalue weighted by atomic mass is 9.86. The highest BCUT2D eigenvalue weighted by Gasteiger charge is 2.30. The highest BCUT2D eigenvalue weighted by atomic mass is 16.5. The van der Waals surface area contributed by atoms with Gasteiger partial charge < -0.3 is 15.0 Å². The van der Waals surface area contributed by atoms with E-state index in [1.807, 2.05) is 19.1 Å². The van der Waals surface area contributed by atoms with Gasteiger partial charge in [-0.25, -0.2) is 0 Å². The van der Waals surface area contributed by atoms with E-state index in [1.165, 1.54) is 22.2 Å². The van der Waals surface area contributed by atoms with Crippen molar-refractivity contribution in [3.05, 3.63) is 29.5 Å². The summed E-state index contributed by atoms with van der Waals surface area (Å²) in [5.74, 6) is -0.0948. The molecular formula is C18H24N2O2. The summed E-state index contributed by atoms with van der Waals surface area (Å²) in [6.45, 7) is 6.71. The number of rotatable bonds is 3. The van der Waals surface area contributed by atoms with Crippen LogP contribution in [0, 0.1) is 5.92 Å². The zero-order chi connectivity index (χ0) is 15.9. The van der Waals surface area contributed by atoms with Crippen LogP contribution < -0.4 is 5.73 Å². The average molecular weight is 300 g/mol. The van der Waals surface area contributed by atoms with Gasteiger partial charge in [-0.05, 0) is 63.8 Å². The van der Waals surface area contributed by atoms with Crippen molar-refractivity contribution in [1.29, 1.82) is 0 Å². The molecule has 1 atom stereocenters. The highest BCUT2D eigenvalue weighted by Crippen LogP contribution is 2.37. The van der Waals surface area contributed by atoms with Gasteiger partial charge in [0, 0.05) is 28.3 Å². The molecule has 1 aromatic heterocycles. The summed E-state index contributed by atoms with van der Waals surface area (Å²) in [4.78, 5) is 12.1. The van der Waals surface area contributed by atoms with Crippen LogP contribution in [0.5, 0.6) is 0 Å². The van der Waals surface area contributed by atoms with Gasteiger partial charge in [0.2, 0.25) is 0 Å². The summed E-state index contributed by atoms with van der Waals surface area (Å²) < 4.78 is 7.61. The van der Waals surface area contributed by atoms with Crippen molar-refractivity contribution in [1.82, 2.24) is 4.57 Å². The fourth-order valence-electron chi connectivity index (χ4n) is 3.66. The molecule has 0 bridgehead atoms. The minimum absolute atomic E-state index is 0.0277. The summed E-state index contributed by atoms with van der Waals surface area (Å²) >= 11 is 0. The molecule has 0 fully saturated rings. The maximum atomic E-state index is 12.1. The van der Waals surface area contributed by atoms with Gasteiger partial charge in [-0.15, -0.1) is 0 Å². The van der Waals surface area contributed by atoms with Crippen molar-refractivity contribution in [2.75, 3.05) is 12.3 Å². The Morgan fingerprint density at radius 3 is 2.91 bits per heavy atom. The predicted molar refractivity (Wildman–Crippen MR) is 88.9 cm³/mol. The van der Waals surface area contributed by atoms with Crippen LogP contribution in [0.2, 0.25) is 0 Å². The van der Waals surface area contributed by atoms with Gasteiger partial charge in [-0.1, -0.05) is 0 Å². The van der Waals surface area contributed by atoms with Crippen LogP contribution in [0.15, 0.2) is 18.2 Å². The van der Waals surface area contributed by atoms with Crippen LogP contribution >= 0.6 is 0 Å². The lowest BCUT2D eigenvalue weighted by Gasteiger charge is -2.23. The molecule has 0 saturated heterocycles. The minimum atomic E-state index is -0.0671. The maximum absolute atomic E-state index is 12.1. The number of nitrogen functional groups attached to an aromatic ring is 1. The minimum Gasteiger partial charge on any atom is -0.466 e. The smallest absolute Gasteiger partial charge is 0.309 e. The molecule has 1 unspecified atom stereocenters. The predicted octanol–water partition coefficient (Wildman–Crippen LogP) is 3.47. The molecule has 22 heavy (non-hydrogen) atoms. The fraction of sp³-hybridized carbons (Fsp3) is 0.500. The lowest BCUT2D eigenvalue weighted by molar-refractivity contribution is -0.148. The average Bonchev–Trinajstić information content (AvgIpc) is 2.80. The number of aromatic nitrogens is 1. The molecule has 0 spiro atoms. The van der Waals surface area contributed by atoms with Crippen molar-refractivity contribution in [2.24, 2.45) is 5.92 Å². The summed E-state index contributed by atoms with van der Waals surface area (Å²) in [7, 11) is 0. The Morgan fingerprint density at radius 2 is 2.23 bits per heavy atom. The number of fused-ring (bicyclic) bond motifs is 3. The molecule has 0 saturated carbocycles. The Kier molecular flexibility index (Phi) is 3.85. The molecule has 3 rings (SSSR count). The Balaban J connectivity index is 2.10. The van der Waals surface area contributed by atoms with Crippen LogP contribution in [-0.4, -0.2) is 17.1 Å². The van der Waals surface area contributed by atoms with Gasteiger partial charge in [0.05, 0.1) is 12.5 Å². The monoisotopic (exact) mass is 300 g/mol. The largest absolute Gasteiger partial charge is 0.466 e. The van der Waals surface area contributed by atoms with Crippen molar-refractivity contribution in [2.45, 2.75) is 46.1 Å². The molecule has 2 N–H and O–H groups in total. The second kappa shape index (κ2) is 5.67. The second-order valence-corrected chi connectivity index (χ2v) is 6.36. The van der Waals surface area contributed by atoms with Crippen LogP contribution in [-0.2, 0) is 22.4 Å². The van der Waals surface area contributed by atoms with E-state index in [2.05, 4.69) is 24.5 Å². The first-order valence-corrected chi connectivity index (χ1v) is 8.10. The Morgan fingerprint density at radius 1 is 1.45 bits per heavy atom. The summed E-state index contributed by atoms with van der Waals surface area (Å²) in [5, 5.41) is 1.19. The van der Waals surface area contributed by atoms with Gasteiger partial charge in [0.15, 0.2) is 0 Å². The molecule has 0 aliphatic heterocycles. The second-order valence-electron chi connectivity index (χ2n) is 6.36.